The summed E-state index contributed by atoms with van der Waals surface area (Å²) >= 11 is 0. The predicted octanol–water partition coefficient (Wildman–Crippen LogP) is 2.30. The molecule has 0 atom stereocenters. The highest BCUT2D eigenvalue weighted by Gasteiger charge is 2.26. The molecule has 1 rings (SSSR count). The van der Waals surface area contributed by atoms with Gasteiger partial charge in [-0.1, -0.05) is 50.3 Å². The fourth-order valence-electron chi connectivity index (χ4n) is 1.33. The van der Waals surface area contributed by atoms with Crippen molar-refractivity contribution in [1.29, 1.82) is 0 Å². The minimum Gasteiger partial charge on any atom is -0.395 e. The first-order valence-electron chi connectivity index (χ1n) is 4.36. The zero-order chi connectivity index (χ0) is 9.03. The summed E-state index contributed by atoms with van der Waals surface area (Å²) in [6, 6.07) is 0. The van der Waals surface area contributed by atoms with Crippen molar-refractivity contribution in [1.82, 2.24) is 0 Å². The van der Waals surface area contributed by atoms with Gasteiger partial charge in [-0.3, -0.25) is 0 Å². The van der Waals surface area contributed by atoms with E-state index in [1.807, 2.05) is 24.3 Å². The lowest BCUT2D eigenvalue weighted by Crippen LogP contribution is -2.26. The second kappa shape index (κ2) is 3.72. The Morgan fingerprint density at radius 3 is 1.92 bits per heavy atom. The smallest absolute Gasteiger partial charge is 0.0559 e. The minimum atomic E-state index is -0.163. The molecule has 0 aromatic rings. The molecule has 0 spiro atoms. The van der Waals surface area contributed by atoms with Gasteiger partial charge in [-0.05, 0) is 5.92 Å². The first-order chi connectivity index (χ1) is 5.71. The number of hydrogen-bond donors (Lipinski definition) is 1. The van der Waals surface area contributed by atoms with Crippen molar-refractivity contribution in [3.63, 3.8) is 0 Å². The van der Waals surface area contributed by atoms with Gasteiger partial charge in [0, 0.05) is 5.41 Å². The van der Waals surface area contributed by atoms with Crippen LogP contribution in [0.3, 0.4) is 0 Å². The fraction of sp³-hybridized carbons (Fsp3) is 0.455. The molecule has 0 amide bonds. The summed E-state index contributed by atoms with van der Waals surface area (Å²) < 4.78 is 0. The summed E-state index contributed by atoms with van der Waals surface area (Å²) in [5, 5.41) is 9.31. The molecule has 1 aliphatic carbocycles. The number of aliphatic hydroxyl groups is 1. The average molecular weight is 164 g/mol. The van der Waals surface area contributed by atoms with Crippen molar-refractivity contribution in [2.45, 2.75) is 13.8 Å². The van der Waals surface area contributed by atoms with Crippen LogP contribution in [0.4, 0.5) is 0 Å². The predicted molar refractivity (Wildman–Crippen MR) is 51.8 cm³/mol. The van der Waals surface area contributed by atoms with E-state index < -0.39 is 0 Å². The van der Waals surface area contributed by atoms with Crippen molar-refractivity contribution < 1.29 is 5.11 Å². The Hall–Kier alpha value is -0.820. The molecule has 0 bridgehead atoms. The van der Waals surface area contributed by atoms with Gasteiger partial charge < -0.3 is 5.11 Å². The number of rotatable bonds is 2. The quantitative estimate of drug-likeness (QED) is 0.664. The molecule has 0 saturated carbocycles. The van der Waals surface area contributed by atoms with Crippen LogP contribution in [0.15, 0.2) is 36.5 Å². The molecular weight excluding hydrogens is 148 g/mol. The zero-order valence-electron chi connectivity index (χ0n) is 7.70. The van der Waals surface area contributed by atoms with Gasteiger partial charge in [0.1, 0.15) is 0 Å². The summed E-state index contributed by atoms with van der Waals surface area (Å²) in [5.41, 5.74) is -0.163. The maximum Gasteiger partial charge on any atom is 0.0559 e. The van der Waals surface area contributed by atoms with Gasteiger partial charge in [0.15, 0.2) is 0 Å². The Bertz CT molecular complexity index is 205. The number of hydrogen-bond acceptors (Lipinski definition) is 1. The summed E-state index contributed by atoms with van der Waals surface area (Å²) in [4.78, 5) is 0. The fourth-order valence-corrected chi connectivity index (χ4v) is 1.33. The molecule has 0 unspecified atom stereocenters. The van der Waals surface area contributed by atoms with Gasteiger partial charge in [-0.2, -0.15) is 0 Å². The van der Waals surface area contributed by atoms with Crippen LogP contribution in [-0.4, -0.2) is 11.7 Å². The van der Waals surface area contributed by atoms with Crippen molar-refractivity contribution in [2.75, 3.05) is 6.61 Å². The molecule has 1 N–H and O–H groups in total. The molecule has 66 valence electrons. The Labute approximate surface area is 74.1 Å². The van der Waals surface area contributed by atoms with E-state index in [9.17, 15) is 5.11 Å². The van der Waals surface area contributed by atoms with Crippen LogP contribution >= 0.6 is 0 Å². The topological polar surface area (TPSA) is 20.2 Å². The molecule has 0 radical (unpaired) electrons. The van der Waals surface area contributed by atoms with Crippen LogP contribution in [0.25, 0.3) is 0 Å². The van der Waals surface area contributed by atoms with E-state index in [0.29, 0.717) is 5.92 Å². The Morgan fingerprint density at radius 2 is 1.58 bits per heavy atom. The lowest BCUT2D eigenvalue weighted by atomic mass is 9.77. The van der Waals surface area contributed by atoms with Crippen molar-refractivity contribution in [2.24, 2.45) is 11.3 Å². The van der Waals surface area contributed by atoms with Crippen LogP contribution in [0.5, 0.6) is 0 Å². The lowest BCUT2D eigenvalue weighted by Gasteiger charge is -2.28. The van der Waals surface area contributed by atoms with Gasteiger partial charge in [-0.15, -0.1) is 0 Å². The Morgan fingerprint density at radius 1 is 1.08 bits per heavy atom. The normalized spacial score (nSPS) is 20.0. The third kappa shape index (κ3) is 1.67. The summed E-state index contributed by atoms with van der Waals surface area (Å²) in [6.45, 7) is 4.42. The third-order valence-corrected chi connectivity index (χ3v) is 2.50. The van der Waals surface area contributed by atoms with Crippen LogP contribution in [0.1, 0.15) is 13.8 Å². The second-order valence-electron chi connectivity index (χ2n) is 3.53. The van der Waals surface area contributed by atoms with E-state index >= 15 is 0 Å². The minimum absolute atomic E-state index is 0.163. The van der Waals surface area contributed by atoms with Gasteiger partial charge >= 0.3 is 0 Å². The summed E-state index contributed by atoms with van der Waals surface area (Å²) in [5.74, 6) is 0.426. The zero-order valence-corrected chi connectivity index (χ0v) is 7.70. The van der Waals surface area contributed by atoms with E-state index in [1.54, 1.807) is 0 Å². The largest absolute Gasteiger partial charge is 0.395 e. The monoisotopic (exact) mass is 164 g/mol. The molecule has 12 heavy (non-hydrogen) atoms. The molecule has 0 aromatic heterocycles. The van der Waals surface area contributed by atoms with Gasteiger partial charge in [0.25, 0.3) is 0 Å². The first-order valence-corrected chi connectivity index (χ1v) is 4.36. The van der Waals surface area contributed by atoms with Crippen LogP contribution in [-0.2, 0) is 0 Å². The Kier molecular flexibility index (Phi) is 2.88. The van der Waals surface area contributed by atoms with Gasteiger partial charge in [0.2, 0.25) is 0 Å². The molecule has 0 heterocycles. The molecule has 0 fully saturated rings. The van der Waals surface area contributed by atoms with E-state index in [4.69, 9.17) is 0 Å². The van der Waals surface area contributed by atoms with Gasteiger partial charge in [-0.25, -0.2) is 0 Å². The Balaban J connectivity index is 2.93. The van der Waals surface area contributed by atoms with Crippen molar-refractivity contribution >= 4 is 0 Å². The van der Waals surface area contributed by atoms with Crippen LogP contribution < -0.4 is 0 Å². The molecule has 1 heteroatoms. The van der Waals surface area contributed by atoms with E-state index in [1.165, 1.54) is 0 Å². The molecule has 0 aliphatic heterocycles. The highest BCUT2D eigenvalue weighted by atomic mass is 16.3. The highest BCUT2D eigenvalue weighted by Crippen LogP contribution is 2.31. The summed E-state index contributed by atoms with van der Waals surface area (Å²) in [7, 11) is 0. The van der Waals surface area contributed by atoms with Crippen molar-refractivity contribution in [3.8, 4) is 0 Å². The highest BCUT2D eigenvalue weighted by molar-refractivity contribution is 5.25. The number of aliphatic hydroxyl groups excluding tert-OH is 1. The molecule has 0 saturated heterocycles. The molecule has 1 aliphatic rings. The summed E-state index contributed by atoms with van der Waals surface area (Å²) in [6.07, 6.45) is 12.1. The first kappa shape index (κ1) is 9.27. The second-order valence-corrected chi connectivity index (χ2v) is 3.53. The maximum absolute atomic E-state index is 9.31. The molecular formula is C11H16O. The van der Waals surface area contributed by atoms with Crippen LogP contribution in [0, 0.1) is 11.3 Å². The molecule has 1 nitrogen and oxygen atoms in total. The van der Waals surface area contributed by atoms with E-state index in [0.717, 1.165) is 0 Å². The third-order valence-electron chi connectivity index (χ3n) is 2.50. The maximum atomic E-state index is 9.31. The standard InChI is InChI=1S/C11H16O/c1-10(2)11(9-12)7-5-3-4-6-8-11/h3-8,10,12H,9H2,1-2H3. The van der Waals surface area contributed by atoms with Gasteiger partial charge in [0.05, 0.1) is 6.61 Å². The molecule has 0 aromatic carbocycles. The van der Waals surface area contributed by atoms with Crippen molar-refractivity contribution in [3.05, 3.63) is 36.5 Å². The lowest BCUT2D eigenvalue weighted by molar-refractivity contribution is 0.165. The number of allylic oxidation sites excluding steroid dienone is 4. The average Bonchev–Trinajstić information content (AvgIpc) is 2.29. The SMILES string of the molecule is CC(C)C1(CO)C=CC=CC=C1. The van der Waals surface area contributed by atoms with E-state index in [2.05, 4.69) is 26.0 Å². The van der Waals surface area contributed by atoms with E-state index in [-0.39, 0.29) is 12.0 Å². The van der Waals surface area contributed by atoms with Crippen LogP contribution in [0.2, 0.25) is 0 Å².